The molecule has 0 atom stereocenters. The zero-order valence-corrected chi connectivity index (χ0v) is 16.3. The molecule has 28 heavy (non-hydrogen) atoms. The van der Waals surface area contributed by atoms with Crippen molar-refractivity contribution in [3.05, 3.63) is 71.2 Å². The largest absolute Gasteiger partial charge is 0.478 e. The number of aromatic nitrogens is 1. The van der Waals surface area contributed by atoms with Crippen LogP contribution in [-0.4, -0.2) is 27.6 Å². The van der Waals surface area contributed by atoms with Gasteiger partial charge in [0.1, 0.15) is 15.6 Å². The minimum absolute atomic E-state index is 0.188. The second-order valence-electron chi connectivity index (χ2n) is 6.64. The number of hydrogen-bond donors (Lipinski definition) is 2. The monoisotopic (exact) mass is 396 g/mol. The number of carboxylic acids is 1. The summed E-state index contributed by atoms with van der Waals surface area (Å²) >= 11 is 1.34. The quantitative estimate of drug-likeness (QED) is 0.631. The van der Waals surface area contributed by atoms with E-state index in [1.165, 1.54) is 25.2 Å². The summed E-state index contributed by atoms with van der Waals surface area (Å²) in [6.45, 7) is 3.32. The highest BCUT2D eigenvalue weighted by molar-refractivity contribution is 7.16. The highest BCUT2D eigenvalue weighted by Gasteiger charge is 2.29. The molecule has 0 aliphatic rings. The van der Waals surface area contributed by atoms with Crippen LogP contribution in [0.4, 0.5) is 0 Å². The van der Waals surface area contributed by atoms with Gasteiger partial charge in [-0.15, -0.1) is 11.3 Å². The molecule has 6 nitrogen and oxygen atoms in total. The fourth-order valence-electron chi connectivity index (χ4n) is 2.38. The topological polar surface area (TPSA) is 88.5 Å². The third kappa shape index (κ3) is 4.75. The number of benzene rings is 2. The van der Waals surface area contributed by atoms with Gasteiger partial charge in [0.2, 0.25) is 0 Å². The minimum atomic E-state index is -1.31. The lowest BCUT2D eigenvalue weighted by Gasteiger charge is -2.21. The molecule has 144 valence electrons. The number of carboxylic acid groups (broad SMARTS) is 1. The van der Waals surface area contributed by atoms with Crippen LogP contribution in [0.3, 0.4) is 0 Å². The molecule has 3 rings (SSSR count). The Hall–Kier alpha value is -3.19. The van der Waals surface area contributed by atoms with Crippen LogP contribution in [0.1, 0.15) is 29.1 Å². The summed E-state index contributed by atoms with van der Waals surface area (Å²) in [6.07, 6.45) is 1.58. The zero-order valence-electron chi connectivity index (χ0n) is 15.5. The maximum Gasteiger partial charge on any atom is 0.347 e. The number of hydrogen-bond acceptors (Lipinski definition) is 5. The Labute approximate surface area is 166 Å². The minimum Gasteiger partial charge on any atom is -0.478 e. The van der Waals surface area contributed by atoms with Gasteiger partial charge in [0, 0.05) is 12.1 Å². The number of ether oxygens (including phenoxy) is 1. The van der Waals surface area contributed by atoms with E-state index in [-0.39, 0.29) is 5.91 Å². The normalized spacial score (nSPS) is 11.1. The molecule has 1 aromatic heterocycles. The van der Waals surface area contributed by atoms with Crippen LogP contribution in [0, 0.1) is 0 Å². The van der Waals surface area contributed by atoms with Crippen LogP contribution in [0.5, 0.6) is 5.75 Å². The molecule has 0 bridgehead atoms. The van der Waals surface area contributed by atoms with E-state index < -0.39 is 11.6 Å². The van der Waals surface area contributed by atoms with E-state index >= 15 is 0 Å². The number of thiazole rings is 1. The number of nitrogens with zero attached hydrogens (tertiary/aromatic N) is 1. The summed E-state index contributed by atoms with van der Waals surface area (Å²) < 4.78 is 5.46. The molecule has 0 unspecified atom stereocenters. The smallest absolute Gasteiger partial charge is 0.347 e. The Morgan fingerprint density at radius 2 is 1.79 bits per heavy atom. The van der Waals surface area contributed by atoms with Gasteiger partial charge in [0.15, 0.2) is 5.60 Å². The van der Waals surface area contributed by atoms with Crippen molar-refractivity contribution in [2.75, 3.05) is 0 Å². The first-order valence-electron chi connectivity index (χ1n) is 8.66. The van der Waals surface area contributed by atoms with Crippen molar-refractivity contribution in [1.29, 1.82) is 0 Å². The highest BCUT2D eigenvalue weighted by atomic mass is 32.1. The van der Waals surface area contributed by atoms with E-state index in [0.717, 1.165) is 16.1 Å². The first-order valence-corrected chi connectivity index (χ1v) is 9.47. The standard InChI is InChI=1S/C21H20N2O4S/c1-21(2,20(25)26)27-16-10-8-14(9-11-16)12-22-18(24)17-13-23-19(28-17)15-6-4-3-5-7-15/h3-11,13H,12H2,1-2H3,(H,22,24)(H,25,26). The number of carbonyl (C=O) groups excluding carboxylic acids is 1. The first-order chi connectivity index (χ1) is 13.3. The Morgan fingerprint density at radius 3 is 2.43 bits per heavy atom. The lowest BCUT2D eigenvalue weighted by Crippen LogP contribution is -2.37. The van der Waals surface area contributed by atoms with Crippen LogP contribution < -0.4 is 10.1 Å². The van der Waals surface area contributed by atoms with Crippen molar-refractivity contribution in [3.63, 3.8) is 0 Å². The third-order valence-corrected chi connectivity index (χ3v) is 5.06. The van der Waals surface area contributed by atoms with E-state index in [4.69, 9.17) is 9.84 Å². The lowest BCUT2D eigenvalue weighted by molar-refractivity contribution is -0.152. The summed E-state index contributed by atoms with van der Waals surface area (Å²) in [5.74, 6) is -0.771. The van der Waals surface area contributed by atoms with Crippen molar-refractivity contribution in [2.45, 2.75) is 26.0 Å². The molecule has 0 aliphatic heterocycles. The number of amides is 1. The molecule has 0 saturated heterocycles. The van der Waals surface area contributed by atoms with Crippen LogP contribution >= 0.6 is 11.3 Å². The molecule has 2 N–H and O–H groups in total. The molecule has 0 spiro atoms. The number of nitrogens with one attached hydrogen (secondary N) is 1. The van der Waals surface area contributed by atoms with E-state index in [1.54, 1.807) is 30.5 Å². The summed E-state index contributed by atoms with van der Waals surface area (Å²) in [4.78, 5) is 28.3. The summed E-state index contributed by atoms with van der Waals surface area (Å²) in [5.41, 5.74) is 0.548. The van der Waals surface area contributed by atoms with E-state index in [9.17, 15) is 9.59 Å². The molecule has 0 saturated carbocycles. The number of aliphatic carboxylic acids is 1. The van der Waals surface area contributed by atoms with Crippen LogP contribution in [0.15, 0.2) is 60.8 Å². The first kappa shape index (κ1) is 19.6. The number of rotatable bonds is 7. The van der Waals surface area contributed by atoms with Gasteiger partial charge < -0.3 is 15.2 Å². The van der Waals surface area contributed by atoms with Crippen molar-refractivity contribution in [3.8, 4) is 16.3 Å². The SMILES string of the molecule is CC(C)(Oc1ccc(CNC(=O)c2cnc(-c3ccccc3)s2)cc1)C(=O)O. The van der Waals surface area contributed by atoms with Crippen LogP contribution in [0.2, 0.25) is 0 Å². The lowest BCUT2D eigenvalue weighted by atomic mass is 10.1. The molecule has 1 amide bonds. The van der Waals surface area contributed by atoms with Gasteiger partial charge in [-0.25, -0.2) is 9.78 Å². The average molecular weight is 396 g/mol. The van der Waals surface area contributed by atoms with Gasteiger partial charge in [0.25, 0.3) is 5.91 Å². The predicted molar refractivity (Wildman–Crippen MR) is 108 cm³/mol. The molecule has 0 aliphatic carbocycles. The maximum atomic E-state index is 12.4. The average Bonchev–Trinajstić information content (AvgIpc) is 3.18. The van der Waals surface area contributed by atoms with Gasteiger partial charge in [-0.1, -0.05) is 42.5 Å². The molecular weight excluding hydrogens is 376 g/mol. The Morgan fingerprint density at radius 1 is 1.11 bits per heavy atom. The zero-order chi connectivity index (χ0) is 20.1. The van der Waals surface area contributed by atoms with Gasteiger partial charge in [-0.05, 0) is 31.5 Å². The third-order valence-electron chi connectivity index (χ3n) is 4.01. The maximum absolute atomic E-state index is 12.4. The summed E-state index contributed by atoms with van der Waals surface area (Å²) in [7, 11) is 0. The van der Waals surface area contributed by atoms with Gasteiger partial charge in [-0.2, -0.15) is 0 Å². The van der Waals surface area contributed by atoms with Gasteiger partial charge in [0.05, 0.1) is 6.20 Å². The highest BCUT2D eigenvalue weighted by Crippen LogP contribution is 2.25. The molecule has 2 aromatic carbocycles. The predicted octanol–water partition coefficient (Wildman–Crippen LogP) is 3.98. The molecule has 3 aromatic rings. The molecule has 0 radical (unpaired) electrons. The molecule has 0 fully saturated rings. The Bertz CT molecular complexity index is 966. The summed E-state index contributed by atoms with van der Waals surface area (Å²) in [6, 6.07) is 16.7. The summed E-state index contributed by atoms with van der Waals surface area (Å²) in [5, 5.41) is 12.8. The van der Waals surface area contributed by atoms with E-state index in [2.05, 4.69) is 10.3 Å². The van der Waals surface area contributed by atoms with Crippen molar-refractivity contribution in [2.24, 2.45) is 0 Å². The van der Waals surface area contributed by atoms with Crippen molar-refractivity contribution >= 4 is 23.2 Å². The number of carbonyl (C=O) groups is 2. The van der Waals surface area contributed by atoms with Gasteiger partial charge >= 0.3 is 5.97 Å². The fraction of sp³-hybridized carbons (Fsp3) is 0.190. The molecular formula is C21H20N2O4S. The molecule has 7 heteroatoms. The fourth-order valence-corrected chi connectivity index (χ4v) is 3.21. The van der Waals surface area contributed by atoms with E-state index in [1.807, 2.05) is 30.3 Å². The van der Waals surface area contributed by atoms with Gasteiger partial charge in [-0.3, -0.25) is 4.79 Å². The van der Waals surface area contributed by atoms with Crippen molar-refractivity contribution < 1.29 is 19.4 Å². The van der Waals surface area contributed by atoms with Crippen molar-refractivity contribution in [1.82, 2.24) is 10.3 Å². The van der Waals surface area contributed by atoms with Crippen LogP contribution in [0.25, 0.3) is 10.6 Å². The second-order valence-corrected chi connectivity index (χ2v) is 7.67. The second kappa shape index (κ2) is 8.22. The molecule has 1 heterocycles. The van der Waals surface area contributed by atoms with Crippen LogP contribution in [-0.2, 0) is 11.3 Å². The Balaban J connectivity index is 1.58. The Kier molecular flexibility index (Phi) is 5.75. The van der Waals surface area contributed by atoms with E-state index in [0.29, 0.717) is 17.2 Å².